The molecular formula is C14H16N2O2. The maximum Gasteiger partial charge on any atom is 0.128 e. The van der Waals surface area contributed by atoms with E-state index >= 15 is 0 Å². The zero-order chi connectivity index (χ0) is 13.0. The Kier molecular flexibility index (Phi) is 3.67. The SMILES string of the molecule is COc1cc(N)cc(OC)c1Cc1ccncc1. The van der Waals surface area contributed by atoms with Crippen LogP contribution in [-0.4, -0.2) is 19.2 Å². The van der Waals surface area contributed by atoms with Gasteiger partial charge in [0.25, 0.3) is 0 Å². The van der Waals surface area contributed by atoms with Crippen LogP contribution in [0.5, 0.6) is 11.5 Å². The van der Waals surface area contributed by atoms with Crippen molar-refractivity contribution in [2.24, 2.45) is 0 Å². The lowest BCUT2D eigenvalue weighted by Crippen LogP contribution is -2.00. The average molecular weight is 244 g/mol. The van der Waals surface area contributed by atoms with Crippen molar-refractivity contribution in [1.29, 1.82) is 0 Å². The van der Waals surface area contributed by atoms with Crippen LogP contribution in [-0.2, 0) is 6.42 Å². The third-order valence-electron chi connectivity index (χ3n) is 2.76. The summed E-state index contributed by atoms with van der Waals surface area (Å²) in [5, 5.41) is 0. The van der Waals surface area contributed by atoms with E-state index in [2.05, 4.69) is 4.98 Å². The second-order valence-corrected chi connectivity index (χ2v) is 3.94. The third-order valence-corrected chi connectivity index (χ3v) is 2.76. The highest BCUT2D eigenvalue weighted by atomic mass is 16.5. The van der Waals surface area contributed by atoms with Crippen molar-refractivity contribution in [3.63, 3.8) is 0 Å². The van der Waals surface area contributed by atoms with Crippen molar-refractivity contribution in [3.8, 4) is 11.5 Å². The van der Waals surface area contributed by atoms with Crippen molar-refractivity contribution < 1.29 is 9.47 Å². The molecule has 0 aliphatic rings. The molecule has 1 heterocycles. The summed E-state index contributed by atoms with van der Waals surface area (Å²) in [5.74, 6) is 1.48. The van der Waals surface area contributed by atoms with E-state index in [1.165, 1.54) is 0 Å². The molecule has 94 valence electrons. The fourth-order valence-corrected chi connectivity index (χ4v) is 1.88. The van der Waals surface area contributed by atoms with E-state index in [4.69, 9.17) is 15.2 Å². The van der Waals surface area contributed by atoms with E-state index in [0.29, 0.717) is 5.69 Å². The number of ether oxygens (including phenoxy) is 2. The van der Waals surface area contributed by atoms with Crippen LogP contribution in [0.2, 0.25) is 0 Å². The zero-order valence-corrected chi connectivity index (χ0v) is 10.5. The summed E-state index contributed by atoms with van der Waals surface area (Å²) in [4.78, 5) is 4.00. The molecule has 1 aromatic carbocycles. The molecule has 2 rings (SSSR count). The molecule has 0 amide bonds. The fourth-order valence-electron chi connectivity index (χ4n) is 1.88. The van der Waals surface area contributed by atoms with Crippen LogP contribution in [0.1, 0.15) is 11.1 Å². The number of methoxy groups -OCH3 is 2. The summed E-state index contributed by atoms with van der Waals surface area (Å²) >= 11 is 0. The lowest BCUT2D eigenvalue weighted by atomic mass is 10.0. The topological polar surface area (TPSA) is 57.4 Å². The van der Waals surface area contributed by atoms with Gasteiger partial charge >= 0.3 is 0 Å². The Morgan fingerprint density at radius 1 is 1.06 bits per heavy atom. The van der Waals surface area contributed by atoms with Crippen LogP contribution < -0.4 is 15.2 Å². The monoisotopic (exact) mass is 244 g/mol. The Hall–Kier alpha value is -2.23. The molecule has 0 atom stereocenters. The van der Waals surface area contributed by atoms with Crippen molar-refractivity contribution in [2.75, 3.05) is 20.0 Å². The second-order valence-electron chi connectivity index (χ2n) is 3.94. The highest BCUT2D eigenvalue weighted by Gasteiger charge is 2.12. The number of aromatic nitrogens is 1. The summed E-state index contributed by atoms with van der Waals surface area (Å²) in [7, 11) is 3.26. The number of hydrogen-bond donors (Lipinski definition) is 1. The normalized spacial score (nSPS) is 10.1. The first-order chi connectivity index (χ1) is 8.74. The largest absolute Gasteiger partial charge is 0.496 e. The van der Waals surface area contributed by atoms with E-state index in [1.54, 1.807) is 38.7 Å². The molecule has 2 aromatic rings. The van der Waals surface area contributed by atoms with Gasteiger partial charge in [-0.1, -0.05) is 0 Å². The Bertz CT molecular complexity index is 502. The first-order valence-corrected chi connectivity index (χ1v) is 5.64. The molecule has 2 N–H and O–H groups in total. The maximum absolute atomic E-state index is 5.80. The molecule has 4 heteroatoms. The van der Waals surface area contributed by atoms with E-state index in [1.807, 2.05) is 12.1 Å². The summed E-state index contributed by atoms with van der Waals surface area (Å²) in [6.45, 7) is 0. The molecule has 0 aliphatic heterocycles. The Labute approximate surface area is 106 Å². The lowest BCUT2D eigenvalue weighted by molar-refractivity contribution is 0.387. The number of nitrogens with zero attached hydrogens (tertiary/aromatic N) is 1. The van der Waals surface area contributed by atoms with Gasteiger partial charge in [0.05, 0.1) is 14.2 Å². The quantitative estimate of drug-likeness (QED) is 0.838. The van der Waals surface area contributed by atoms with Gasteiger partial charge in [-0.25, -0.2) is 0 Å². The van der Waals surface area contributed by atoms with Crippen LogP contribution in [0.4, 0.5) is 5.69 Å². The summed E-state index contributed by atoms with van der Waals surface area (Å²) in [6, 6.07) is 7.54. The molecule has 0 saturated heterocycles. The van der Waals surface area contributed by atoms with E-state index < -0.39 is 0 Å². The molecule has 1 aromatic heterocycles. The molecule has 18 heavy (non-hydrogen) atoms. The summed E-state index contributed by atoms with van der Waals surface area (Å²) in [6.07, 6.45) is 4.26. The van der Waals surface area contributed by atoms with Gasteiger partial charge in [0.2, 0.25) is 0 Å². The van der Waals surface area contributed by atoms with E-state index in [9.17, 15) is 0 Å². The maximum atomic E-state index is 5.80. The van der Waals surface area contributed by atoms with Gasteiger partial charge in [0.15, 0.2) is 0 Å². The Morgan fingerprint density at radius 3 is 2.11 bits per heavy atom. The molecule has 4 nitrogen and oxygen atoms in total. The third kappa shape index (κ3) is 2.53. The molecule has 0 spiro atoms. The number of nitrogen functional groups attached to an aromatic ring is 1. The first-order valence-electron chi connectivity index (χ1n) is 5.64. The summed E-state index contributed by atoms with van der Waals surface area (Å²) in [5.41, 5.74) is 8.56. The van der Waals surface area contributed by atoms with Crippen molar-refractivity contribution >= 4 is 5.69 Å². The number of nitrogens with two attached hydrogens (primary N) is 1. The smallest absolute Gasteiger partial charge is 0.128 e. The minimum absolute atomic E-state index is 0.627. The molecule has 0 radical (unpaired) electrons. The predicted octanol–water partition coefficient (Wildman–Crippen LogP) is 2.27. The molecule has 0 unspecified atom stereocenters. The van der Waals surface area contributed by atoms with Crippen LogP contribution in [0.25, 0.3) is 0 Å². The van der Waals surface area contributed by atoms with E-state index in [-0.39, 0.29) is 0 Å². The summed E-state index contributed by atoms with van der Waals surface area (Å²) < 4.78 is 10.7. The van der Waals surface area contributed by atoms with Crippen LogP contribution >= 0.6 is 0 Å². The van der Waals surface area contributed by atoms with Gasteiger partial charge in [-0.05, 0) is 17.7 Å². The number of hydrogen-bond acceptors (Lipinski definition) is 4. The molecule has 0 fully saturated rings. The van der Waals surface area contributed by atoms with E-state index in [0.717, 1.165) is 29.0 Å². The minimum Gasteiger partial charge on any atom is -0.496 e. The van der Waals surface area contributed by atoms with Gasteiger partial charge in [-0.3, -0.25) is 4.98 Å². The van der Waals surface area contributed by atoms with Crippen molar-refractivity contribution in [3.05, 3.63) is 47.8 Å². The zero-order valence-electron chi connectivity index (χ0n) is 10.5. The molecule has 0 aliphatic carbocycles. The second kappa shape index (κ2) is 5.40. The number of pyridine rings is 1. The lowest BCUT2D eigenvalue weighted by Gasteiger charge is -2.14. The fraction of sp³-hybridized carbons (Fsp3) is 0.214. The average Bonchev–Trinajstić information content (AvgIpc) is 2.41. The van der Waals surface area contributed by atoms with Crippen LogP contribution in [0.15, 0.2) is 36.7 Å². The minimum atomic E-state index is 0.627. The molecular weight excluding hydrogens is 228 g/mol. The van der Waals surface area contributed by atoms with Crippen molar-refractivity contribution in [1.82, 2.24) is 4.98 Å². The first kappa shape index (κ1) is 12.2. The predicted molar refractivity (Wildman–Crippen MR) is 71.0 cm³/mol. The Balaban J connectivity index is 2.42. The van der Waals surface area contributed by atoms with Crippen LogP contribution in [0.3, 0.4) is 0 Å². The van der Waals surface area contributed by atoms with Crippen molar-refractivity contribution in [2.45, 2.75) is 6.42 Å². The highest BCUT2D eigenvalue weighted by molar-refractivity contribution is 5.57. The standard InChI is InChI=1S/C14H16N2O2/c1-17-13-8-11(15)9-14(18-2)12(13)7-10-3-5-16-6-4-10/h3-6,8-9H,7,15H2,1-2H3. The van der Waals surface area contributed by atoms with Crippen LogP contribution in [0, 0.1) is 0 Å². The van der Waals surface area contributed by atoms with Gasteiger partial charge in [-0.15, -0.1) is 0 Å². The van der Waals surface area contributed by atoms with Gasteiger partial charge in [-0.2, -0.15) is 0 Å². The van der Waals surface area contributed by atoms with Gasteiger partial charge in [0.1, 0.15) is 11.5 Å². The number of anilines is 1. The highest BCUT2D eigenvalue weighted by Crippen LogP contribution is 2.33. The number of benzene rings is 1. The molecule has 0 bridgehead atoms. The van der Waals surface area contributed by atoms with Gasteiger partial charge < -0.3 is 15.2 Å². The number of rotatable bonds is 4. The Morgan fingerprint density at radius 2 is 1.61 bits per heavy atom. The molecule has 0 saturated carbocycles. The van der Waals surface area contributed by atoms with Gasteiger partial charge in [0, 0.05) is 42.2 Å².